The first kappa shape index (κ1) is 44.3. The number of carbonyl (C=O) groups is 3. The summed E-state index contributed by atoms with van der Waals surface area (Å²) in [7, 11) is 0. The fraction of sp³-hybridized carbons (Fsp3) is 0.418. The second-order valence-corrected chi connectivity index (χ2v) is 19.6. The highest BCUT2D eigenvalue weighted by Gasteiger charge is 2.55. The molecule has 4 aliphatic carbocycles. The zero-order chi connectivity index (χ0) is 44.0. The number of ether oxygens (including phenoxy) is 3. The minimum absolute atomic E-state index is 0.106. The monoisotopic (exact) mass is 863 g/mol. The first-order chi connectivity index (χ1) is 30.6. The fourth-order valence-electron chi connectivity index (χ4n) is 10.6. The second kappa shape index (κ2) is 19.6. The summed E-state index contributed by atoms with van der Waals surface area (Å²) in [5, 5.41) is 1.09. The third kappa shape index (κ3) is 9.92. The number of thiazole rings is 1. The van der Waals surface area contributed by atoms with Gasteiger partial charge in [0.15, 0.2) is 0 Å². The van der Waals surface area contributed by atoms with Crippen LogP contribution >= 0.6 is 11.3 Å². The Labute approximate surface area is 377 Å². The summed E-state index contributed by atoms with van der Waals surface area (Å²) in [4.78, 5) is 46.3. The van der Waals surface area contributed by atoms with Crippen LogP contribution in [-0.4, -0.2) is 41.2 Å². The lowest BCUT2D eigenvalue weighted by Gasteiger charge is -2.44. The van der Waals surface area contributed by atoms with Gasteiger partial charge in [-0.1, -0.05) is 112 Å². The van der Waals surface area contributed by atoms with Gasteiger partial charge in [0, 0.05) is 23.9 Å². The van der Waals surface area contributed by atoms with Gasteiger partial charge in [0.2, 0.25) is 0 Å². The van der Waals surface area contributed by atoms with Gasteiger partial charge >= 0.3 is 17.9 Å². The molecule has 0 N–H and O–H groups in total. The van der Waals surface area contributed by atoms with Crippen LogP contribution in [0.1, 0.15) is 132 Å². The molecule has 1 heterocycles. The Kier molecular flexibility index (Phi) is 13.8. The molecule has 4 saturated carbocycles. The van der Waals surface area contributed by atoms with E-state index in [2.05, 4.69) is 51.7 Å². The van der Waals surface area contributed by atoms with Crippen molar-refractivity contribution in [3.8, 4) is 0 Å². The van der Waals surface area contributed by atoms with Crippen LogP contribution in [0.15, 0.2) is 145 Å². The molecule has 0 amide bonds. The SMILES string of the molecule is C=C1/C(=C\C=C2/CCC[C@]3(C)[C@@H]([C@H](C)/C=C/[C@H](OC(=O)c4ccccc4)C4(c5ncc(CCCC)s5)CC4)CC[C@@H]23)C[C@@H](OC(=O)c2ccccc2)C[C@@H]1OC(=O)c1ccccc1. The van der Waals surface area contributed by atoms with Gasteiger partial charge in [0.1, 0.15) is 23.3 Å². The van der Waals surface area contributed by atoms with Crippen LogP contribution in [0.3, 0.4) is 0 Å². The molecular formula is C55H61NO6S. The average Bonchev–Trinajstić information content (AvgIpc) is 3.82. The van der Waals surface area contributed by atoms with E-state index >= 15 is 0 Å². The fourth-order valence-corrected chi connectivity index (χ4v) is 11.8. The van der Waals surface area contributed by atoms with Crippen LogP contribution < -0.4 is 0 Å². The zero-order valence-corrected chi connectivity index (χ0v) is 37.8. The smallest absolute Gasteiger partial charge is 0.338 e. The van der Waals surface area contributed by atoms with E-state index in [-0.39, 0.29) is 22.7 Å². The van der Waals surface area contributed by atoms with E-state index in [0.717, 1.165) is 80.4 Å². The van der Waals surface area contributed by atoms with Crippen molar-refractivity contribution in [2.75, 3.05) is 0 Å². The Morgan fingerprint density at radius 1 is 0.841 bits per heavy atom. The standard InChI is InChI=1S/C55H61NO6S/c1-5-6-24-45-36-56-53(63-45)55(32-33-55)49(62-52(59)42-21-14-9-15-22-42)30-25-37(2)46-28-29-47-39(23-16-31-54(46,47)4)26-27-43-34-44(60-50(57)40-17-10-7-11-18-40)35-48(38(43)3)61-51(58)41-19-12-8-13-20-41/h7-15,17-22,25-27,30,36-37,44,46-49H,3,5-6,16,23-24,28-29,31-35H2,1-2,4H3/b30-25+,39-26+,43-27-/t37-,44-,46-,47+,48+,49+,54-/m1/s1. The molecule has 1 aromatic heterocycles. The normalized spacial score (nSPS) is 26.2. The molecular weight excluding hydrogens is 803 g/mol. The van der Waals surface area contributed by atoms with Crippen molar-refractivity contribution in [2.45, 2.75) is 122 Å². The molecule has 0 unspecified atom stereocenters. The van der Waals surface area contributed by atoms with Crippen LogP contribution in [0.2, 0.25) is 0 Å². The lowest BCUT2D eigenvalue weighted by atomic mass is 9.61. The highest BCUT2D eigenvalue weighted by Crippen LogP contribution is 2.60. The highest BCUT2D eigenvalue weighted by atomic mass is 32.1. The number of hydrogen-bond donors (Lipinski definition) is 0. The maximum absolute atomic E-state index is 13.6. The molecule has 7 atom stereocenters. The Morgan fingerprint density at radius 3 is 2.11 bits per heavy atom. The number of benzene rings is 3. The minimum atomic E-state index is -0.630. The summed E-state index contributed by atoms with van der Waals surface area (Å²) in [6, 6.07) is 27.3. The van der Waals surface area contributed by atoms with E-state index in [1.54, 1.807) is 35.6 Å². The van der Waals surface area contributed by atoms with Crippen molar-refractivity contribution >= 4 is 29.2 Å². The summed E-state index contributed by atoms with van der Waals surface area (Å²) in [6.07, 6.45) is 21.1. The van der Waals surface area contributed by atoms with Gasteiger partial charge in [0.05, 0.1) is 22.1 Å². The maximum atomic E-state index is 13.6. The Balaban J connectivity index is 1.01. The van der Waals surface area contributed by atoms with Crippen molar-refractivity contribution in [1.82, 2.24) is 4.98 Å². The number of allylic oxidation sites excluding steroid dienone is 4. The molecule has 0 spiro atoms. The van der Waals surface area contributed by atoms with E-state index in [9.17, 15) is 14.4 Å². The summed E-state index contributed by atoms with van der Waals surface area (Å²) in [5.41, 5.74) is 4.46. The van der Waals surface area contributed by atoms with E-state index in [0.29, 0.717) is 41.4 Å². The molecule has 4 aromatic rings. The molecule has 0 bridgehead atoms. The van der Waals surface area contributed by atoms with Gasteiger partial charge in [0.25, 0.3) is 0 Å². The third-order valence-corrected chi connectivity index (χ3v) is 15.6. The summed E-state index contributed by atoms with van der Waals surface area (Å²) >= 11 is 1.79. The van der Waals surface area contributed by atoms with E-state index < -0.39 is 30.3 Å². The molecule has 7 nitrogen and oxygen atoms in total. The second-order valence-electron chi connectivity index (χ2n) is 18.5. The molecule has 63 heavy (non-hydrogen) atoms. The number of hydrogen-bond acceptors (Lipinski definition) is 8. The largest absolute Gasteiger partial charge is 0.458 e. The van der Waals surface area contributed by atoms with Crippen LogP contribution in [0.25, 0.3) is 0 Å². The number of fused-ring (bicyclic) bond motifs is 1. The zero-order valence-electron chi connectivity index (χ0n) is 37.0. The van der Waals surface area contributed by atoms with Gasteiger partial charge in [-0.3, -0.25) is 0 Å². The topological polar surface area (TPSA) is 91.8 Å². The van der Waals surface area contributed by atoms with Gasteiger partial charge in [-0.15, -0.1) is 11.3 Å². The lowest BCUT2D eigenvalue weighted by molar-refractivity contribution is 0.00212. The number of aromatic nitrogens is 1. The molecule has 0 aliphatic heterocycles. The predicted molar refractivity (Wildman–Crippen MR) is 250 cm³/mol. The van der Waals surface area contributed by atoms with Gasteiger partial charge < -0.3 is 14.2 Å². The van der Waals surface area contributed by atoms with E-state index in [1.165, 1.54) is 10.5 Å². The molecule has 4 fully saturated rings. The highest BCUT2D eigenvalue weighted by molar-refractivity contribution is 7.11. The molecule has 8 heteroatoms. The Bertz CT molecular complexity index is 2340. The summed E-state index contributed by atoms with van der Waals surface area (Å²) < 4.78 is 18.6. The number of rotatable bonds is 15. The maximum Gasteiger partial charge on any atom is 0.338 e. The van der Waals surface area contributed by atoms with Crippen molar-refractivity contribution in [3.63, 3.8) is 0 Å². The quantitative estimate of drug-likeness (QED) is 0.0667. The lowest BCUT2D eigenvalue weighted by Crippen LogP contribution is -2.36. The van der Waals surface area contributed by atoms with Gasteiger partial charge in [-0.05, 0) is 135 Å². The first-order valence-corrected chi connectivity index (χ1v) is 23.9. The third-order valence-electron chi connectivity index (χ3n) is 14.4. The van der Waals surface area contributed by atoms with Crippen molar-refractivity contribution in [2.24, 2.45) is 23.2 Å². The van der Waals surface area contributed by atoms with Crippen molar-refractivity contribution in [3.05, 3.63) is 171 Å². The summed E-state index contributed by atoms with van der Waals surface area (Å²) in [5.74, 6) is 0.0568. The van der Waals surface area contributed by atoms with Crippen LogP contribution in [0.4, 0.5) is 0 Å². The van der Waals surface area contributed by atoms with Crippen molar-refractivity contribution < 1.29 is 28.6 Å². The number of unbranched alkanes of at least 4 members (excludes halogenated alkanes) is 1. The Morgan fingerprint density at radius 2 is 1.48 bits per heavy atom. The minimum Gasteiger partial charge on any atom is -0.458 e. The molecule has 0 saturated heterocycles. The van der Waals surface area contributed by atoms with Crippen LogP contribution in [-0.2, 0) is 26.0 Å². The number of esters is 3. The van der Waals surface area contributed by atoms with Crippen LogP contribution in [0.5, 0.6) is 0 Å². The van der Waals surface area contributed by atoms with E-state index in [4.69, 9.17) is 19.2 Å². The molecule has 3 aromatic carbocycles. The Hall–Kier alpha value is -5.34. The van der Waals surface area contributed by atoms with Gasteiger partial charge in [-0.25, -0.2) is 19.4 Å². The molecule has 4 aliphatic rings. The van der Waals surface area contributed by atoms with E-state index in [1.807, 2.05) is 72.9 Å². The summed E-state index contributed by atoms with van der Waals surface area (Å²) in [6.45, 7) is 11.5. The first-order valence-electron chi connectivity index (χ1n) is 23.1. The predicted octanol–water partition coefficient (Wildman–Crippen LogP) is 12.8. The number of carbonyl (C=O) groups excluding carboxylic acids is 3. The van der Waals surface area contributed by atoms with Crippen LogP contribution in [0, 0.1) is 23.2 Å². The number of aryl methyl sites for hydroxylation is 1. The average molecular weight is 864 g/mol. The molecule has 0 radical (unpaired) electrons. The number of nitrogens with zero attached hydrogens (tertiary/aromatic N) is 1. The molecule has 328 valence electrons. The molecule has 8 rings (SSSR count). The van der Waals surface area contributed by atoms with Crippen molar-refractivity contribution in [1.29, 1.82) is 0 Å². The van der Waals surface area contributed by atoms with Gasteiger partial charge in [-0.2, -0.15) is 0 Å².